The van der Waals surface area contributed by atoms with E-state index in [0.29, 0.717) is 12.2 Å². The quantitative estimate of drug-likeness (QED) is 0.293. The summed E-state index contributed by atoms with van der Waals surface area (Å²) in [6.07, 6.45) is 6.57. The average molecular weight is 536 g/mol. The molecule has 1 N–H and O–H groups in total. The maximum Gasteiger partial charge on any atom is 0.272 e. The van der Waals surface area contributed by atoms with Crippen LogP contribution in [-0.4, -0.2) is 34.4 Å². The molecule has 6 heteroatoms. The molecule has 1 aromatic heterocycles. The van der Waals surface area contributed by atoms with Gasteiger partial charge in [-0.3, -0.25) is 9.59 Å². The average Bonchev–Trinajstić information content (AvgIpc) is 3.13. The number of amides is 2. The van der Waals surface area contributed by atoms with Gasteiger partial charge in [0.2, 0.25) is 0 Å². The van der Waals surface area contributed by atoms with Gasteiger partial charge in [-0.1, -0.05) is 80.3 Å². The van der Waals surface area contributed by atoms with Crippen LogP contribution in [0.25, 0.3) is 10.9 Å². The van der Waals surface area contributed by atoms with E-state index in [1.807, 2.05) is 60.7 Å². The Morgan fingerprint density at radius 3 is 2.48 bits per heavy atom. The van der Waals surface area contributed by atoms with Crippen molar-refractivity contribution in [3.8, 4) is 5.75 Å². The lowest BCUT2D eigenvalue weighted by atomic mass is 9.83. The summed E-state index contributed by atoms with van der Waals surface area (Å²) < 4.78 is 7.55. The number of carbonyl (C=O) groups is 2. The van der Waals surface area contributed by atoms with Crippen LogP contribution in [0.3, 0.4) is 0 Å². The number of aromatic nitrogens is 1. The summed E-state index contributed by atoms with van der Waals surface area (Å²) in [5, 5.41) is 4.44. The summed E-state index contributed by atoms with van der Waals surface area (Å²) in [5.74, 6) is 0.463. The molecule has 0 radical (unpaired) electrons. The monoisotopic (exact) mass is 535 g/mol. The highest BCUT2D eigenvalue weighted by Crippen LogP contribution is 2.41. The van der Waals surface area contributed by atoms with Crippen molar-refractivity contribution in [2.24, 2.45) is 0 Å². The molecule has 2 amide bonds. The first-order chi connectivity index (χ1) is 19.5. The van der Waals surface area contributed by atoms with Crippen LogP contribution in [0.4, 0.5) is 0 Å². The Hall–Kier alpha value is -4.06. The zero-order valence-corrected chi connectivity index (χ0v) is 23.4. The Morgan fingerprint density at radius 2 is 1.73 bits per heavy atom. The fraction of sp³-hybridized carbons (Fsp3) is 0.353. The Kier molecular flexibility index (Phi) is 7.09. The number of hydrogen-bond donors (Lipinski definition) is 1. The van der Waals surface area contributed by atoms with Gasteiger partial charge in [0.05, 0.1) is 13.7 Å². The lowest BCUT2D eigenvalue weighted by molar-refractivity contribution is -0.136. The Labute approximate surface area is 235 Å². The lowest BCUT2D eigenvalue weighted by Gasteiger charge is -2.47. The van der Waals surface area contributed by atoms with Crippen molar-refractivity contribution in [2.45, 2.75) is 70.1 Å². The number of fused-ring (bicyclic) bond motifs is 3. The Balaban J connectivity index is 1.54. The molecule has 1 aliphatic heterocycles. The molecular formula is C34H37N3O3. The molecular weight excluding hydrogens is 498 g/mol. The number of carbonyl (C=O) groups excluding carboxylic acids is 2. The summed E-state index contributed by atoms with van der Waals surface area (Å²) in [4.78, 5) is 31.1. The molecule has 206 valence electrons. The number of rotatable bonds is 6. The molecule has 1 atom stereocenters. The van der Waals surface area contributed by atoms with E-state index in [9.17, 15) is 9.59 Å². The standard InChI is InChI=1S/C34H37N3O3/c1-24-17-18-26-21-31-32(38)37(22-25-11-10-16-29(20-25)40-2)34(23-36(31)30(26)19-24,27-12-6-5-7-13-27)33(39)35-28-14-8-3-4-9-15-28/h5-7,10-13,16-21,28H,3-4,8-9,14-15,22-23H2,1-2H3,(H,35,39)/t34-/m0/s1. The van der Waals surface area contributed by atoms with Crippen molar-refractivity contribution >= 4 is 22.7 Å². The van der Waals surface area contributed by atoms with Crippen LogP contribution in [0, 0.1) is 6.92 Å². The molecule has 0 saturated heterocycles. The minimum Gasteiger partial charge on any atom is -0.497 e. The second-order valence-corrected chi connectivity index (χ2v) is 11.3. The number of nitrogens with one attached hydrogen (secondary N) is 1. The fourth-order valence-electron chi connectivity index (χ4n) is 6.51. The highest BCUT2D eigenvalue weighted by atomic mass is 16.5. The van der Waals surface area contributed by atoms with Gasteiger partial charge in [-0.15, -0.1) is 0 Å². The molecule has 1 saturated carbocycles. The van der Waals surface area contributed by atoms with Crippen molar-refractivity contribution in [3.63, 3.8) is 0 Å². The van der Waals surface area contributed by atoms with Crippen LogP contribution in [0.2, 0.25) is 0 Å². The molecule has 0 unspecified atom stereocenters. The van der Waals surface area contributed by atoms with Crippen LogP contribution >= 0.6 is 0 Å². The minimum absolute atomic E-state index is 0.106. The third-order valence-electron chi connectivity index (χ3n) is 8.66. The minimum atomic E-state index is -1.23. The second-order valence-electron chi connectivity index (χ2n) is 11.3. The van der Waals surface area contributed by atoms with Gasteiger partial charge in [0.15, 0.2) is 5.54 Å². The molecule has 0 spiro atoms. The third kappa shape index (κ3) is 4.66. The summed E-state index contributed by atoms with van der Waals surface area (Å²) in [6.45, 7) is 2.68. The summed E-state index contributed by atoms with van der Waals surface area (Å²) in [7, 11) is 1.64. The molecule has 1 aliphatic carbocycles. The Bertz CT molecular complexity index is 1530. The lowest BCUT2D eigenvalue weighted by Crippen LogP contribution is -2.63. The highest BCUT2D eigenvalue weighted by Gasteiger charge is 2.52. The number of hydrogen-bond acceptors (Lipinski definition) is 3. The first-order valence-corrected chi connectivity index (χ1v) is 14.4. The largest absolute Gasteiger partial charge is 0.497 e. The molecule has 1 fully saturated rings. The SMILES string of the molecule is COc1cccc(CN2C(=O)c3cc4ccc(C)cc4n3C[C@@]2(C(=O)NC2CCCCCC2)c2ccccc2)c1. The van der Waals surface area contributed by atoms with Crippen molar-refractivity contribution < 1.29 is 14.3 Å². The predicted molar refractivity (Wildman–Crippen MR) is 157 cm³/mol. The maximum atomic E-state index is 14.8. The fourth-order valence-corrected chi connectivity index (χ4v) is 6.51. The van der Waals surface area contributed by atoms with Gasteiger partial charge in [-0.05, 0) is 60.7 Å². The van der Waals surface area contributed by atoms with Crippen molar-refractivity contribution in [1.82, 2.24) is 14.8 Å². The van der Waals surface area contributed by atoms with Crippen LogP contribution in [0.1, 0.15) is 65.7 Å². The van der Waals surface area contributed by atoms with E-state index in [2.05, 4.69) is 35.0 Å². The van der Waals surface area contributed by atoms with E-state index in [1.54, 1.807) is 12.0 Å². The first-order valence-electron chi connectivity index (χ1n) is 14.4. The second kappa shape index (κ2) is 10.8. The van der Waals surface area contributed by atoms with Crippen LogP contribution in [0.5, 0.6) is 5.75 Å². The van der Waals surface area contributed by atoms with E-state index in [4.69, 9.17) is 4.74 Å². The van der Waals surface area contributed by atoms with Gasteiger partial charge in [0.1, 0.15) is 11.4 Å². The topological polar surface area (TPSA) is 63.6 Å². The maximum absolute atomic E-state index is 14.8. The molecule has 0 bridgehead atoms. The van der Waals surface area contributed by atoms with E-state index in [1.165, 1.54) is 12.8 Å². The van der Waals surface area contributed by atoms with E-state index >= 15 is 0 Å². The number of methoxy groups -OCH3 is 1. The van der Waals surface area contributed by atoms with E-state index < -0.39 is 5.54 Å². The van der Waals surface area contributed by atoms with Gasteiger partial charge < -0.3 is 19.5 Å². The third-order valence-corrected chi connectivity index (χ3v) is 8.66. The first kappa shape index (κ1) is 26.2. The van der Waals surface area contributed by atoms with E-state index in [0.717, 1.165) is 59.0 Å². The van der Waals surface area contributed by atoms with Gasteiger partial charge in [0.25, 0.3) is 11.8 Å². The zero-order valence-electron chi connectivity index (χ0n) is 23.4. The van der Waals surface area contributed by atoms with Crippen molar-refractivity contribution in [1.29, 1.82) is 0 Å². The predicted octanol–water partition coefficient (Wildman–Crippen LogP) is 6.35. The van der Waals surface area contributed by atoms with Gasteiger partial charge in [-0.25, -0.2) is 0 Å². The number of nitrogens with zero attached hydrogens (tertiary/aromatic N) is 2. The highest BCUT2D eigenvalue weighted by molar-refractivity contribution is 6.04. The van der Waals surface area contributed by atoms with Crippen LogP contribution in [0.15, 0.2) is 78.9 Å². The molecule has 3 aromatic carbocycles. The normalized spacial score (nSPS) is 19.8. The van der Waals surface area contributed by atoms with Crippen molar-refractivity contribution in [3.05, 3.63) is 101 Å². The number of benzene rings is 3. The van der Waals surface area contributed by atoms with Gasteiger partial charge in [-0.2, -0.15) is 0 Å². The molecule has 6 nitrogen and oxygen atoms in total. The number of aryl methyl sites for hydroxylation is 1. The van der Waals surface area contributed by atoms with Gasteiger partial charge in [0, 0.05) is 23.5 Å². The summed E-state index contributed by atoms with van der Waals surface area (Å²) in [5.41, 5.74) is 3.21. The summed E-state index contributed by atoms with van der Waals surface area (Å²) >= 11 is 0. The molecule has 4 aromatic rings. The number of ether oxygens (including phenoxy) is 1. The summed E-state index contributed by atoms with van der Waals surface area (Å²) in [6, 6.07) is 25.9. The van der Waals surface area contributed by atoms with Gasteiger partial charge >= 0.3 is 0 Å². The molecule has 2 heterocycles. The molecule has 40 heavy (non-hydrogen) atoms. The van der Waals surface area contributed by atoms with Crippen LogP contribution < -0.4 is 10.1 Å². The van der Waals surface area contributed by atoms with E-state index in [-0.39, 0.29) is 24.4 Å². The smallest absolute Gasteiger partial charge is 0.272 e. The Morgan fingerprint density at radius 1 is 0.950 bits per heavy atom. The zero-order chi connectivity index (χ0) is 27.7. The molecule has 6 rings (SSSR count). The van der Waals surface area contributed by atoms with Crippen LogP contribution in [-0.2, 0) is 23.4 Å². The molecule has 2 aliphatic rings. The van der Waals surface area contributed by atoms with Crippen molar-refractivity contribution in [2.75, 3.05) is 7.11 Å².